The average molecular weight is 309 g/mol. The van der Waals surface area contributed by atoms with Crippen molar-refractivity contribution in [3.05, 3.63) is 29.8 Å². The summed E-state index contributed by atoms with van der Waals surface area (Å²) in [5.41, 5.74) is 1.81. The van der Waals surface area contributed by atoms with Crippen molar-refractivity contribution >= 4 is 22.6 Å². The molecular weight excluding hydrogens is 287 g/mol. The first-order valence-corrected chi connectivity index (χ1v) is 8.46. The van der Waals surface area contributed by atoms with Crippen molar-refractivity contribution in [1.29, 1.82) is 0 Å². The van der Waals surface area contributed by atoms with E-state index in [2.05, 4.69) is 16.5 Å². The summed E-state index contributed by atoms with van der Waals surface area (Å²) in [5.74, 6) is 1.96. The van der Waals surface area contributed by atoms with Gasteiger partial charge in [-0.05, 0) is 30.9 Å². The van der Waals surface area contributed by atoms with Crippen molar-refractivity contribution < 1.29 is 4.39 Å². The van der Waals surface area contributed by atoms with Gasteiger partial charge in [-0.3, -0.25) is 0 Å². The zero-order chi connectivity index (χ0) is 14.8. The summed E-state index contributed by atoms with van der Waals surface area (Å²) in [4.78, 5) is 4.64. The molecule has 1 heterocycles. The Kier molecular flexibility index (Phi) is 4.48. The van der Waals surface area contributed by atoms with E-state index >= 15 is 0 Å². The van der Waals surface area contributed by atoms with Crippen molar-refractivity contribution in [1.82, 2.24) is 9.55 Å². The first kappa shape index (κ1) is 14.8. The molecule has 2 unspecified atom stereocenters. The van der Waals surface area contributed by atoms with Gasteiger partial charge < -0.3 is 4.57 Å². The highest BCUT2D eigenvalue weighted by Crippen LogP contribution is 2.36. The Hall–Kier alpha value is -1.09. The monoisotopic (exact) mass is 308 g/mol. The molecule has 0 spiro atoms. The molecule has 0 N–H and O–H groups in total. The smallest absolute Gasteiger partial charge is 0.125 e. The van der Waals surface area contributed by atoms with Crippen LogP contribution in [0.1, 0.15) is 50.9 Å². The van der Waals surface area contributed by atoms with Gasteiger partial charge in [0.1, 0.15) is 11.6 Å². The zero-order valence-corrected chi connectivity index (χ0v) is 13.2. The molecule has 0 aliphatic heterocycles. The minimum atomic E-state index is -0.224. The van der Waals surface area contributed by atoms with E-state index in [4.69, 9.17) is 11.6 Å². The average Bonchev–Trinajstić information content (AvgIpc) is 2.65. The third-order valence-electron chi connectivity index (χ3n) is 4.69. The van der Waals surface area contributed by atoms with Crippen LogP contribution in [0, 0.1) is 11.7 Å². The normalized spacial score (nSPS) is 23.4. The van der Waals surface area contributed by atoms with Gasteiger partial charge in [0, 0.05) is 24.4 Å². The molecule has 21 heavy (non-hydrogen) atoms. The summed E-state index contributed by atoms with van der Waals surface area (Å²) in [6.07, 6.45) is 7.05. The number of imidazole rings is 1. The highest BCUT2D eigenvalue weighted by atomic mass is 35.5. The summed E-state index contributed by atoms with van der Waals surface area (Å²) in [5, 5.41) is 0. The van der Waals surface area contributed by atoms with E-state index in [-0.39, 0.29) is 5.82 Å². The molecule has 1 saturated carbocycles. The fourth-order valence-electron chi connectivity index (χ4n) is 3.61. The number of rotatable bonds is 3. The quantitative estimate of drug-likeness (QED) is 0.570. The molecule has 114 valence electrons. The van der Waals surface area contributed by atoms with Crippen LogP contribution in [0.5, 0.6) is 0 Å². The lowest BCUT2D eigenvalue weighted by atomic mass is 9.96. The summed E-state index contributed by atoms with van der Waals surface area (Å²) >= 11 is 5.95. The van der Waals surface area contributed by atoms with Crippen LogP contribution in [-0.2, 0) is 6.42 Å². The van der Waals surface area contributed by atoms with E-state index in [1.54, 1.807) is 0 Å². The van der Waals surface area contributed by atoms with E-state index in [1.165, 1.54) is 44.2 Å². The number of nitrogens with zero attached hydrogens (tertiary/aromatic N) is 2. The number of halogens is 2. The van der Waals surface area contributed by atoms with Crippen molar-refractivity contribution in [2.75, 3.05) is 5.88 Å². The largest absolute Gasteiger partial charge is 0.325 e. The van der Waals surface area contributed by atoms with Crippen molar-refractivity contribution in [2.45, 2.75) is 51.5 Å². The van der Waals surface area contributed by atoms with Crippen LogP contribution in [0.15, 0.2) is 18.2 Å². The van der Waals surface area contributed by atoms with Gasteiger partial charge in [-0.2, -0.15) is 0 Å². The van der Waals surface area contributed by atoms with E-state index in [0.717, 1.165) is 23.3 Å². The Bertz CT molecular complexity index is 623. The molecule has 2 atom stereocenters. The second kappa shape index (κ2) is 6.35. The molecule has 0 bridgehead atoms. The first-order chi connectivity index (χ1) is 10.2. The van der Waals surface area contributed by atoms with Gasteiger partial charge >= 0.3 is 0 Å². The first-order valence-electron chi connectivity index (χ1n) is 7.93. The molecular formula is C17H22ClFN2. The third-order valence-corrected chi connectivity index (χ3v) is 4.88. The third kappa shape index (κ3) is 2.94. The molecule has 1 aromatic carbocycles. The predicted octanol–water partition coefficient (Wildman–Crippen LogP) is 5.10. The van der Waals surface area contributed by atoms with Gasteiger partial charge in [0.2, 0.25) is 0 Å². The maximum atomic E-state index is 13.5. The Labute approximate surface area is 130 Å². The lowest BCUT2D eigenvalue weighted by molar-refractivity contribution is 0.333. The minimum Gasteiger partial charge on any atom is -0.325 e. The molecule has 1 aliphatic rings. The van der Waals surface area contributed by atoms with E-state index in [0.29, 0.717) is 17.8 Å². The van der Waals surface area contributed by atoms with Gasteiger partial charge in [0.15, 0.2) is 0 Å². The second-order valence-corrected chi connectivity index (χ2v) is 6.53. The molecule has 3 rings (SSSR count). The summed E-state index contributed by atoms with van der Waals surface area (Å²) < 4.78 is 15.8. The zero-order valence-electron chi connectivity index (χ0n) is 12.5. The fraction of sp³-hybridized carbons (Fsp3) is 0.588. The van der Waals surface area contributed by atoms with Crippen LogP contribution >= 0.6 is 11.6 Å². The van der Waals surface area contributed by atoms with Crippen LogP contribution in [0.4, 0.5) is 4.39 Å². The molecule has 0 amide bonds. The van der Waals surface area contributed by atoms with Crippen LogP contribution in [0.2, 0.25) is 0 Å². The van der Waals surface area contributed by atoms with Crippen LogP contribution in [0.25, 0.3) is 11.0 Å². The highest BCUT2D eigenvalue weighted by molar-refractivity contribution is 6.17. The summed E-state index contributed by atoms with van der Waals surface area (Å²) in [6.45, 7) is 2.33. The van der Waals surface area contributed by atoms with E-state index in [1.807, 2.05) is 6.07 Å². The fourth-order valence-corrected chi connectivity index (χ4v) is 3.78. The van der Waals surface area contributed by atoms with Crippen molar-refractivity contribution in [3.8, 4) is 0 Å². The predicted molar refractivity (Wildman–Crippen MR) is 85.4 cm³/mol. The Morgan fingerprint density at radius 2 is 2.10 bits per heavy atom. The number of benzene rings is 1. The molecule has 4 heteroatoms. The van der Waals surface area contributed by atoms with E-state index < -0.39 is 0 Å². The molecule has 2 aromatic rings. The Balaban J connectivity index is 2.11. The number of fused-ring (bicyclic) bond motifs is 1. The standard InChI is InChI=1S/C17H22ClFN2/c1-12-5-3-2-4-6-15(12)21-16-8-7-13(19)11-14(16)20-17(21)9-10-18/h7-8,11-12,15H,2-6,9-10H2,1H3. The molecule has 1 aromatic heterocycles. The maximum Gasteiger partial charge on any atom is 0.125 e. The summed E-state index contributed by atoms with van der Waals surface area (Å²) in [7, 11) is 0. The number of alkyl halides is 1. The number of hydrogen-bond donors (Lipinski definition) is 0. The molecule has 0 radical (unpaired) electrons. The lowest BCUT2D eigenvalue weighted by Gasteiger charge is -2.25. The van der Waals surface area contributed by atoms with Gasteiger partial charge in [0.05, 0.1) is 11.0 Å². The van der Waals surface area contributed by atoms with Crippen molar-refractivity contribution in [3.63, 3.8) is 0 Å². The molecule has 2 nitrogen and oxygen atoms in total. The van der Waals surface area contributed by atoms with Gasteiger partial charge in [0.25, 0.3) is 0 Å². The van der Waals surface area contributed by atoms with Gasteiger partial charge in [-0.15, -0.1) is 11.6 Å². The van der Waals surface area contributed by atoms with E-state index in [9.17, 15) is 4.39 Å². The van der Waals surface area contributed by atoms with Crippen LogP contribution < -0.4 is 0 Å². The molecule has 1 aliphatic carbocycles. The SMILES string of the molecule is CC1CCCCCC1n1c(CCCl)nc2cc(F)ccc21. The number of aryl methyl sites for hydroxylation is 1. The lowest BCUT2D eigenvalue weighted by Crippen LogP contribution is -2.19. The van der Waals surface area contributed by atoms with Crippen LogP contribution in [-0.4, -0.2) is 15.4 Å². The summed E-state index contributed by atoms with van der Waals surface area (Å²) in [6, 6.07) is 5.39. The number of hydrogen-bond acceptors (Lipinski definition) is 1. The molecule has 1 fully saturated rings. The number of aromatic nitrogens is 2. The van der Waals surface area contributed by atoms with Crippen LogP contribution in [0.3, 0.4) is 0 Å². The topological polar surface area (TPSA) is 17.8 Å². The Morgan fingerprint density at radius 1 is 1.29 bits per heavy atom. The van der Waals surface area contributed by atoms with Crippen molar-refractivity contribution in [2.24, 2.45) is 5.92 Å². The highest BCUT2D eigenvalue weighted by Gasteiger charge is 2.25. The molecule has 0 saturated heterocycles. The van der Waals surface area contributed by atoms with Gasteiger partial charge in [-0.25, -0.2) is 9.37 Å². The minimum absolute atomic E-state index is 0.224. The van der Waals surface area contributed by atoms with Gasteiger partial charge in [-0.1, -0.05) is 26.2 Å². The maximum absolute atomic E-state index is 13.5. The second-order valence-electron chi connectivity index (χ2n) is 6.15. The Morgan fingerprint density at radius 3 is 2.90 bits per heavy atom.